The molecule has 0 bridgehead atoms. The Morgan fingerprint density at radius 1 is 1.13 bits per heavy atom. The van der Waals surface area contributed by atoms with Gasteiger partial charge in [0.2, 0.25) is 0 Å². The van der Waals surface area contributed by atoms with Gasteiger partial charge in [-0.25, -0.2) is 4.79 Å². The molecule has 0 aliphatic rings. The Morgan fingerprint density at radius 2 is 1.80 bits per heavy atom. The molecule has 15 heavy (non-hydrogen) atoms. The van der Waals surface area contributed by atoms with E-state index in [2.05, 4.69) is 6.92 Å². The Hall–Kier alpha value is -0.730. The minimum atomic E-state index is -0.535. The van der Waals surface area contributed by atoms with Crippen LogP contribution in [0.2, 0.25) is 0 Å². The van der Waals surface area contributed by atoms with E-state index in [1.54, 1.807) is 0 Å². The topological polar surface area (TPSA) is 35.5 Å². The maximum Gasteiger partial charge on any atom is 0.508 e. The third kappa shape index (κ3) is 8.28. The fourth-order valence-electron chi connectivity index (χ4n) is 1.01. The number of carbonyl (C=O) groups is 1. The molecular weight excluding hydrogens is 192 g/mol. The second-order valence-electron chi connectivity index (χ2n) is 4.23. The van der Waals surface area contributed by atoms with Gasteiger partial charge in [0.1, 0.15) is 6.10 Å². The van der Waals surface area contributed by atoms with Gasteiger partial charge in [0, 0.05) is 0 Å². The molecule has 90 valence electrons. The third-order valence-electron chi connectivity index (χ3n) is 2.44. The monoisotopic (exact) mass is 216 g/mol. The Kier molecular flexibility index (Phi) is 8.15. The lowest BCUT2D eigenvalue weighted by atomic mass is 10.1. The predicted molar refractivity (Wildman–Crippen MR) is 60.9 cm³/mol. The van der Waals surface area contributed by atoms with Crippen LogP contribution in [0.15, 0.2) is 0 Å². The Morgan fingerprint density at radius 3 is 2.33 bits per heavy atom. The summed E-state index contributed by atoms with van der Waals surface area (Å²) in [4.78, 5) is 11.1. The van der Waals surface area contributed by atoms with E-state index in [1.807, 2.05) is 20.8 Å². The van der Waals surface area contributed by atoms with E-state index in [1.165, 1.54) is 12.8 Å². The molecule has 0 aromatic rings. The van der Waals surface area contributed by atoms with Crippen molar-refractivity contribution in [3.05, 3.63) is 0 Å². The van der Waals surface area contributed by atoms with Crippen molar-refractivity contribution in [3.63, 3.8) is 0 Å². The number of rotatable bonds is 7. The quantitative estimate of drug-likeness (QED) is 0.480. The number of ether oxygens (including phenoxy) is 2. The number of carbonyl (C=O) groups excluding carboxylic acids is 1. The third-order valence-corrected chi connectivity index (χ3v) is 2.44. The van der Waals surface area contributed by atoms with E-state index < -0.39 is 6.16 Å². The van der Waals surface area contributed by atoms with Gasteiger partial charge in [-0.1, -0.05) is 40.0 Å². The fraction of sp³-hybridized carbons (Fsp3) is 0.917. The van der Waals surface area contributed by atoms with Crippen molar-refractivity contribution in [3.8, 4) is 0 Å². The molecule has 3 nitrogen and oxygen atoms in total. The molecule has 0 saturated carbocycles. The molecule has 0 aliphatic carbocycles. The van der Waals surface area contributed by atoms with Crippen molar-refractivity contribution in [2.45, 2.75) is 59.5 Å². The zero-order chi connectivity index (χ0) is 11.7. The largest absolute Gasteiger partial charge is 0.508 e. The Bertz CT molecular complexity index is 166. The molecule has 0 rings (SSSR count). The summed E-state index contributed by atoms with van der Waals surface area (Å²) in [6, 6.07) is 0. The van der Waals surface area contributed by atoms with Crippen LogP contribution in [0.25, 0.3) is 0 Å². The summed E-state index contributed by atoms with van der Waals surface area (Å²) in [6.45, 7) is 8.53. The van der Waals surface area contributed by atoms with Gasteiger partial charge < -0.3 is 9.47 Å². The average molecular weight is 216 g/mol. The van der Waals surface area contributed by atoms with Crippen molar-refractivity contribution in [2.75, 3.05) is 6.61 Å². The molecule has 0 aromatic heterocycles. The summed E-state index contributed by atoms with van der Waals surface area (Å²) in [5.74, 6) is 0.331. The van der Waals surface area contributed by atoms with Gasteiger partial charge in [0.15, 0.2) is 0 Å². The van der Waals surface area contributed by atoms with E-state index in [4.69, 9.17) is 9.47 Å². The highest BCUT2D eigenvalue weighted by atomic mass is 16.7. The van der Waals surface area contributed by atoms with Gasteiger partial charge in [0.05, 0.1) is 6.61 Å². The molecule has 0 spiro atoms. The molecule has 0 N–H and O–H groups in total. The smallest absolute Gasteiger partial charge is 0.434 e. The summed E-state index contributed by atoms with van der Waals surface area (Å²) >= 11 is 0. The van der Waals surface area contributed by atoms with Gasteiger partial charge >= 0.3 is 6.16 Å². The first-order valence-corrected chi connectivity index (χ1v) is 5.91. The van der Waals surface area contributed by atoms with Gasteiger partial charge in [0.25, 0.3) is 0 Å². The van der Waals surface area contributed by atoms with Gasteiger partial charge in [-0.2, -0.15) is 0 Å². The number of hydrogen-bond donors (Lipinski definition) is 0. The fourth-order valence-corrected chi connectivity index (χ4v) is 1.01. The van der Waals surface area contributed by atoms with E-state index in [0.717, 1.165) is 12.8 Å². The molecule has 1 unspecified atom stereocenters. The van der Waals surface area contributed by atoms with Crippen molar-refractivity contribution in [1.29, 1.82) is 0 Å². The average Bonchev–Trinajstić information content (AvgIpc) is 2.17. The lowest BCUT2D eigenvalue weighted by molar-refractivity contribution is 0.0140. The number of hydrogen-bond acceptors (Lipinski definition) is 3. The second kappa shape index (κ2) is 8.57. The zero-order valence-electron chi connectivity index (χ0n) is 10.4. The lowest BCUT2D eigenvalue weighted by Gasteiger charge is -2.15. The molecule has 0 radical (unpaired) electrons. The van der Waals surface area contributed by atoms with Crippen LogP contribution in [0.4, 0.5) is 4.79 Å². The van der Waals surface area contributed by atoms with Crippen LogP contribution in [-0.2, 0) is 9.47 Å². The minimum Gasteiger partial charge on any atom is -0.434 e. The van der Waals surface area contributed by atoms with Crippen molar-refractivity contribution in [2.24, 2.45) is 5.92 Å². The summed E-state index contributed by atoms with van der Waals surface area (Å²) < 4.78 is 10.0. The highest BCUT2D eigenvalue weighted by Gasteiger charge is 2.13. The SMILES string of the molecule is CCCCCCOC(=O)OC(C)C(C)C. The Balaban J connectivity index is 3.41. The van der Waals surface area contributed by atoms with Crippen molar-refractivity contribution >= 4 is 6.16 Å². The first kappa shape index (κ1) is 14.3. The zero-order valence-corrected chi connectivity index (χ0v) is 10.4. The maximum absolute atomic E-state index is 11.1. The van der Waals surface area contributed by atoms with E-state index in [-0.39, 0.29) is 6.10 Å². The lowest BCUT2D eigenvalue weighted by Crippen LogP contribution is -2.21. The highest BCUT2D eigenvalue weighted by molar-refractivity contribution is 5.60. The minimum absolute atomic E-state index is 0.0758. The van der Waals surface area contributed by atoms with Crippen molar-refractivity contribution < 1.29 is 14.3 Å². The van der Waals surface area contributed by atoms with Crippen LogP contribution in [0, 0.1) is 5.92 Å². The molecule has 0 aromatic carbocycles. The van der Waals surface area contributed by atoms with Gasteiger partial charge in [-0.05, 0) is 19.3 Å². The summed E-state index contributed by atoms with van der Waals surface area (Å²) in [5.41, 5.74) is 0. The second-order valence-corrected chi connectivity index (χ2v) is 4.23. The van der Waals surface area contributed by atoms with Crippen LogP contribution in [0.3, 0.4) is 0 Å². The molecule has 0 heterocycles. The molecule has 0 saturated heterocycles. The molecule has 1 atom stereocenters. The summed E-state index contributed by atoms with van der Waals surface area (Å²) in [6.07, 6.45) is 3.82. The molecule has 3 heteroatoms. The molecule has 0 aliphatic heterocycles. The van der Waals surface area contributed by atoms with Gasteiger partial charge in [-0.15, -0.1) is 0 Å². The van der Waals surface area contributed by atoms with Gasteiger partial charge in [-0.3, -0.25) is 0 Å². The maximum atomic E-state index is 11.1. The van der Waals surface area contributed by atoms with Crippen LogP contribution in [0.1, 0.15) is 53.4 Å². The molecule has 0 amide bonds. The summed E-state index contributed by atoms with van der Waals surface area (Å²) in [5, 5.41) is 0. The first-order valence-electron chi connectivity index (χ1n) is 5.91. The van der Waals surface area contributed by atoms with E-state index >= 15 is 0 Å². The van der Waals surface area contributed by atoms with Crippen LogP contribution >= 0.6 is 0 Å². The van der Waals surface area contributed by atoms with E-state index in [9.17, 15) is 4.79 Å². The number of unbranched alkanes of at least 4 members (excludes halogenated alkanes) is 3. The molecular formula is C12H24O3. The van der Waals surface area contributed by atoms with E-state index in [0.29, 0.717) is 12.5 Å². The standard InChI is InChI=1S/C12H24O3/c1-5-6-7-8-9-14-12(13)15-11(4)10(2)3/h10-11H,5-9H2,1-4H3. The van der Waals surface area contributed by atoms with Crippen LogP contribution < -0.4 is 0 Å². The molecule has 0 fully saturated rings. The van der Waals surface area contributed by atoms with Crippen molar-refractivity contribution in [1.82, 2.24) is 0 Å². The van der Waals surface area contributed by atoms with Crippen LogP contribution in [0.5, 0.6) is 0 Å². The predicted octanol–water partition coefficient (Wildman–Crippen LogP) is 3.76. The Labute approximate surface area is 93.1 Å². The highest BCUT2D eigenvalue weighted by Crippen LogP contribution is 2.07. The summed E-state index contributed by atoms with van der Waals surface area (Å²) in [7, 11) is 0. The first-order chi connectivity index (χ1) is 7.07. The normalized spacial score (nSPS) is 12.6. The van der Waals surface area contributed by atoms with Crippen LogP contribution in [-0.4, -0.2) is 18.9 Å².